The zero-order valence-corrected chi connectivity index (χ0v) is 21.6. The highest BCUT2D eigenvalue weighted by molar-refractivity contribution is 5.91. The molecule has 198 valence electrons. The summed E-state index contributed by atoms with van der Waals surface area (Å²) in [5, 5.41) is 13.7. The van der Waals surface area contributed by atoms with Gasteiger partial charge in [0.15, 0.2) is 11.6 Å². The fourth-order valence-electron chi connectivity index (χ4n) is 5.65. The molecule has 1 aromatic carbocycles. The van der Waals surface area contributed by atoms with Gasteiger partial charge in [0.1, 0.15) is 6.04 Å². The third kappa shape index (κ3) is 4.63. The molecule has 3 aromatic heterocycles. The lowest BCUT2D eigenvalue weighted by Gasteiger charge is -2.38. The molecule has 1 amide bonds. The summed E-state index contributed by atoms with van der Waals surface area (Å²) in [7, 11) is 0. The van der Waals surface area contributed by atoms with Crippen molar-refractivity contribution in [3.05, 3.63) is 75.2 Å². The van der Waals surface area contributed by atoms with E-state index in [1.54, 1.807) is 21.7 Å². The number of carbonyl (C=O) groups is 1. The van der Waals surface area contributed by atoms with Crippen molar-refractivity contribution in [2.45, 2.75) is 45.4 Å². The minimum Gasteiger partial charge on any atom is -0.459 e. The van der Waals surface area contributed by atoms with Crippen LogP contribution in [0, 0.1) is 13.8 Å². The van der Waals surface area contributed by atoms with Crippen LogP contribution in [0.3, 0.4) is 0 Å². The number of nitrogens with zero attached hydrogens (tertiary/aromatic N) is 6. The molecule has 2 saturated heterocycles. The van der Waals surface area contributed by atoms with E-state index in [-0.39, 0.29) is 17.6 Å². The number of pyridine rings is 1. The number of furan rings is 1. The molecule has 6 rings (SSSR count). The van der Waals surface area contributed by atoms with Gasteiger partial charge in [-0.3, -0.25) is 14.5 Å². The molecule has 0 bridgehead atoms. The highest BCUT2D eigenvalue weighted by Crippen LogP contribution is 2.30. The first-order valence-corrected chi connectivity index (χ1v) is 13.1. The Morgan fingerprint density at radius 1 is 1.18 bits per heavy atom. The summed E-state index contributed by atoms with van der Waals surface area (Å²) in [5.74, 6) is 0.789. The summed E-state index contributed by atoms with van der Waals surface area (Å²) in [6.07, 6.45) is 3.51. The second-order valence-electron chi connectivity index (χ2n) is 10.2. The van der Waals surface area contributed by atoms with Crippen molar-refractivity contribution in [1.82, 2.24) is 35.0 Å². The summed E-state index contributed by atoms with van der Waals surface area (Å²) in [5.41, 5.74) is 3.39. The summed E-state index contributed by atoms with van der Waals surface area (Å²) < 4.78 is 12.9. The molecule has 2 fully saturated rings. The van der Waals surface area contributed by atoms with E-state index in [4.69, 9.17) is 9.15 Å². The molecule has 0 saturated carbocycles. The number of piperazine rings is 1. The van der Waals surface area contributed by atoms with Gasteiger partial charge in [0.05, 0.1) is 18.9 Å². The summed E-state index contributed by atoms with van der Waals surface area (Å²) in [6, 6.07) is 8.97. The second kappa shape index (κ2) is 10.1. The summed E-state index contributed by atoms with van der Waals surface area (Å²) in [4.78, 5) is 33.5. The van der Waals surface area contributed by atoms with Crippen molar-refractivity contribution in [3.63, 3.8) is 0 Å². The normalized spacial score (nSPS) is 19.3. The Kier molecular flexibility index (Phi) is 6.54. The van der Waals surface area contributed by atoms with E-state index in [1.165, 1.54) is 6.26 Å². The zero-order chi connectivity index (χ0) is 26.2. The first kappa shape index (κ1) is 24.5. The third-order valence-corrected chi connectivity index (χ3v) is 7.54. The first-order chi connectivity index (χ1) is 18.5. The van der Waals surface area contributed by atoms with Crippen molar-refractivity contribution in [1.29, 1.82) is 0 Å². The van der Waals surface area contributed by atoms with E-state index in [0.717, 1.165) is 41.5 Å². The Labute approximate surface area is 219 Å². The number of tetrazole rings is 1. The number of hydrogen-bond donors (Lipinski definition) is 1. The molecule has 38 heavy (non-hydrogen) atoms. The third-order valence-electron chi connectivity index (χ3n) is 7.54. The van der Waals surface area contributed by atoms with Crippen molar-refractivity contribution in [2.75, 3.05) is 32.8 Å². The van der Waals surface area contributed by atoms with Gasteiger partial charge in [-0.1, -0.05) is 6.07 Å². The molecule has 2 atom stereocenters. The minimum absolute atomic E-state index is 0.0424. The summed E-state index contributed by atoms with van der Waals surface area (Å²) in [6.45, 7) is 7.42. The zero-order valence-electron chi connectivity index (χ0n) is 21.6. The van der Waals surface area contributed by atoms with Crippen LogP contribution in [0.2, 0.25) is 0 Å². The number of ether oxygens (including phenoxy) is 1. The van der Waals surface area contributed by atoms with E-state index in [1.807, 2.05) is 26.0 Å². The molecule has 2 aliphatic rings. The molecule has 4 aromatic rings. The number of nitrogens with one attached hydrogen (secondary N) is 1. The van der Waals surface area contributed by atoms with E-state index >= 15 is 0 Å². The molecule has 0 unspecified atom stereocenters. The van der Waals surface area contributed by atoms with Gasteiger partial charge in [-0.15, -0.1) is 5.10 Å². The van der Waals surface area contributed by atoms with Gasteiger partial charge >= 0.3 is 0 Å². The highest BCUT2D eigenvalue weighted by Gasteiger charge is 2.35. The molecular weight excluding hydrogens is 486 g/mol. The molecule has 0 aliphatic carbocycles. The minimum atomic E-state index is -0.485. The fourth-order valence-corrected chi connectivity index (χ4v) is 5.65. The molecule has 5 heterocycles. The molecule has 11 nitrogen and oxygen atoms in total. The highest BCUT2D eigenvalue weighted by atomic mass is 16.5. The van der Waals surface area contributed by atoms with E-state index < -0.39 is 6.04 Å². The van der Waals surface area contributed by atoms with Gasteiger partial charge in [0.25, 0.3) is 11.5 Å². The SMILES string of the molecule is Cc1cc(C)c2cc([C@H](c3nnnn3C[C@H]3CCCO3)N3CCN(C(=O)c4ccco4)CC3)c(=O)[nH]c2c1. The quantitative estimate of drug-likeness (QED) is 0.414. The van der Waals surface area contributed by atoms with E-state index in [0.29, 0.717) is 49.9 Å². The number of aromatic amines is 1. The van der Waals surface area contributed by atoms with Crippen LogP contribution in [0.5, 0.6) is 0 Å². The Balaban J connectivity index is 1.37. The van der Waals surface area contributed by atoms with Crippen molar-refractivity contribution in [3.8, 4) is 0 Å². The first-order valence-electron chi connectivity index (χ1n) is 13.1. The smallest absolute Gasteiger partial charge is 0.289 e. The van der Waals surface area contributed by atoms with Gasteiger partial charge < -0.3 is 19.0 Å². The predicted octanol–water partition coefficient (Wildman–Crippen LogP) is 2.45. The Morgan fingerprint density at radius 3 is 2.76 bits per heavy atom. The average Bonchev–Trinajstić information content (AvgIpc) is 3.69. The summed E-state index contributed by atoms with van der Waals surface area (Å²) >= 11 is 0. The monoisotopic (exact) mass is 517 g/mol. The Hall–Kier alpha value is -3.83. The van der Waals surface area contributed by atoms with Gasteiger partial charge in [0, 0.05) is 49.3 Å². The Morgan fingerprint density at radius 2 is 2.03 bits per heavy atom. The van der Waals surface area contributed by atoms with Crippen LogP contribution in [0.1, 0.15) is 52.0 Å². The van der Waals surface area contributed by atoms with Crippen LogP contribution < -0.4 is 5.56 Å². The fraction of sp³-hybridized carbons (Fsp3) is 0.444. The van der Waals surface area contributed by atoms with Crippen LogP contribution in [0.25, 0.3) is 10.9 Å². The topological polar surface area (TPSA) is 122 Å². The van der Waals surface area contributed by atoms with E-state index in [2.05, 4.69) is 31.5 Å². The maximum atomic E-state index is 13.6. The number of aromatic nitrogens is 5. The van der Waals surface area contributed by atoms with Crippen LogP contribution in [0.4, 0.5) is 0 Å². The molecule has 0 spiro atoms. The molecule has 2 aliphatic heterocycles. The maximum absolute atomic E-state index is 13.6. The van der Waals surface area contributed by atoms with Gasteiger partial charge in [-0.2, -0.15) is 0 Å². The van der Waals surface area contributed by atoms with Crippen LogP contribution in [0.15, 0.2) is 45.8 Å². The standard InChI is InChI=1S/C27H31N7O4/c1-17-13-18(2)20-15-21(26(35)28-22(20)14-17)24(25-29-30-31-34(25)16-19-5-3-11-37-19)32-7-9-33(10-8-32)27(36)23-6-4-12-38-23/h4,6,12-15,19,24H,3,5,7-11,16H2,1-2H3,(H,28,35)/t19-,24-/m1/s1. The number of benzene rings is 1. The van der Waals surface area contributed by atoms with Gasteiger partial charge in [0.2, 0.25) is 0 Å². The lowest BCUT2D eigenvalue weighted by molar-refractivity contribution is 0.0550. The molecule has 11 heteroatoms. The maximum Gasteiger partial charge on any atom is 0.289 e. The van der Waals surface area contributed by atoms with Gasteiger partial charge in [-0.05, 0) is 72.5 Å². The average molecular weight is 518 g/mol. The predicted molar refractivity (Wildman–Crippen MR) is 139 cm³/mol. The van der Waals surface area contributed by atoms with Crippen LogP contribution in [-0.2, 0) is 11.3 Å². The Bertz CT molecular complexity index is 1500. The number of fused-ring (bicyclic) bond motifs is 1. The van der Waals surface area contributed by atoms with Crippen LogP contribution in [-0.4, -0.2) is 79.8 Å². The number of H-pyrrole nitrogens is 1. The lowest BCUT2D eigenvalue weighted by atomic mass is 9.99. The number of hydrogen-bond acceptors (Lipinski definition) is 8. The largest absolute Gasteiger partial charge is 0.459 e. The lowest BCUT2D eigenvalue weighted by Crippen LogP contribution is -2.50. The number of amides is 1. The second-order valence-corrected chi connectivity index (χ2v) is 10.2. The molecule has 0 radical (unpaired) electrons. The van der Waals surface area contributed by atoms with Gasteiger partial charge in [-0.25, -0.2) is 4.68 Å². The van der Waals surface area contributed by atoms with Crippen molar-refractivity contribution >= 4 is 16.8 Å². The number of aryl methyl sites for hydroxylation is 2. The number of carbonyl (C=O) groups excluding carboxylic acids is 1. The number of rotatable bonds is 6. The molecule has 1 N–H and O–H groups in total. The van der Waals surface area contributed by atoms with Crippen molar-refractivity contribution in [2.24, 2.45) is 0 Å². The van der Waals surface area contributed by atoms with E-state index in [9.17, 15) is 9.59 Å². The van der Waals surface area contributed by atoms with Crippen molar-refractivity contribution < 1.29 is 13.9 Å². The molecular formula is C27H31N7O4. The van der Waals surface area contributed by atoms with Crippen LogP contribution >= 0.6 is 0 Å².